The number of aromatic nitrogens is 3. The second-order valence-electron chi connectivity index (χ2n) is 13.3. The number of thioether (sulfide) groups is 1. The SMILES string of the molecule is C=CC(=O)N1[C@H](C)CN(c2nc(=O)n3c4c(c(-c5ccc(F)c6sc(N)nc56)c(C(F)(F)F)cc24)SCC2(CN(CC(F)(F)F)C2)C3)C[C@@H]1C. The summed E-state index contributed by atoms with van der Waals surface area (Å²) in [7, 11) is 0. The first kappa shape index (κ1) is 34.5. The Kier molecular flexibility index (Phi) is 8.17. The molecule has 18 heteroatoms. The minimum atomic E-state index is -4.96. The van der Waals surface area contributed by atoms with E-state index in [-0.39, 0.29) is 92.5 Å². The fourth-order valence-electron chi connectivity index (χ4n) is 7.71. The van der Waals surface area contributed by atoms with E-state index in [2.05, 4.69) is 16.5 Å². The van der Waals surface area contributed by atoms with Crippen molar-refractivity contribution in [2.75, 3.05) is 49.1 Å². The lowest BCUT2D eigenvalue weighted by Crippen LogP contribution is -2.61. The second kappa shape index (κ2) is 11.8. The molecule has 0 aliphatic carbocycles. The Hall–Kier alpha value is -3.90. The number of halogens is 7. The predicted octanol–water partition coefficient (Wildman–Crippen LogP) is 5.99. The van der Waals surface area contributed by atoms with Crippen LogP contribution in [0, 0.1) is 11.2 Å². The zero-order valence-corrected chi connectivity index (χ0v) is 28.3. The van der Waals surface area contributed by atoms with Crippen molar-refractivity contribution in [1.29, 1.82) is 0 Å². The van der Waals surface area contributed by atoms with E-state index in [0.29, 0.717) is 0 Å². The molecule has 9 nitrogen and oxygen atoms in total. The number of hydrogen-bond acceptors (Lipinski definition) is 9. The summed E-state index contributed by atoms with van der Waals surface area (Å²) in [5.41, 5.74) is 2.84. The highest BCUT2D eigenvalue weighted by molar-refractivity contribution is 7.99. The zero-order valence-electron chi connectivity index (χ0n) is 26.7. The molecule has 7 rings (SSSR count). The van der Waals surface area contributed by atoms with Crippen LogP contribution in [0.2, 0.25) is 0 Å². The lowest BCUT2D eigenvalue weighted by molar-refractivity contribution is -0.168. The van der Waals surface area contributed by atoms with Crippen LogP contribution >= 0.6 is 23.1 Å². The van der Waals surface area contributed by atoms with Gasteiger partial charge in [-0.3, -0.25) is 14.3 Å². The van der Waals surface area contributed by atoms with E-state index in [4.69, 9.17) is 5.73 Å². The van der Waals surface area contributed by atoms with Crippen LogP contribution in [0.15, 0.2) is 40.5 Å². The number of carbonyl (C=O) groups is 1. The van der Waals surface area contributed by atoms with Crippen molar-refractivity contribution in [1.82, 2.24) is 24.3 Å². The number of fused-ring (bicyclic) bond motifs is 1. The van der Waals surface area contributed by atoms with Gasteiger partial charge in [-0.15, -0.1) is 11.8 Å². The number of rotatable bonds is 4. The number of hydrogen-bond donors (Lipinski definition) is 1. The molecule has 2 atom stereocenters. The number of nitrogens with zero attached hydrogens (tertiary/aromatic N) is 6. The molecule has 2 aromatic heterocycles. The van der Waals surface area contributed by atoms with Crippen LogP contribution in [0.4, 0.5) is 41.7 Å². The van der Waals surface area contributed by atoms with Crippen molar-refractivity contribution in [3.8, 4) is 11.1 Å². The predicted molar refractivity (Wildman–Crippen MR) is 178 cm³/mol. The number of carbonyl (C=O) groups excluding carboxylic acids is 1. The highest BCUT2D eigenvalue weighted by Crippen LogP contribution is 2.53. The Labute approximate surface area is 288 Å². The van der Waals surface area contributed by atoms with Gasteiger partial charge in [-0.25, -0.2) is 14.2 Å². The molecular weight excluding hydrogens is 712 g/mol. The van der Waals surface area contributed by atoms with Crippen molar-refractivity contribution in [2.45, 2.75) is 49.7 Å². The van der Waals surface area contributed by atoms with Gasteiger partial charge in [0.25, 0.3) is 0 Å². The maximum Gasteiger partial charge on any atom is 0.417 e. The highest BCUT2D eigenvalue weighted by Gasteiger charge is 2.49. The summed E-state index contributed by atoms with van der Waals surface area (Å²) < 4.78 is 102. The van der Waals surface area contributed by atoms with Crippen LogP contribution in [0.3, 0.4) is 0 Å². The Balaban J connectivity index is 1.48. The average Bonchev–Trinajstić information content (AvgIpc) is 3.30. The van der Waals surface area contributed by atoms with Crippen molar-refractivity contribution >= 4 is 61.1 Å². The van der Waals surface area contributed by atoms with Gasteiger partial charge in [0.05, 0.1) is 27.8 Å². The minimum Gasteiger partial charge on any atom is -0.375 e. The van der Waals surface area contributed by atoms with E-state index >= 15 is 13.2 Å². The summed E-state index contributed by atoms with van der Waals surface area (Å²) in [5.74, 6) is -0.939. The van der Waals surface area contributed by atoms with Crippen LogP contribution < -0.4 is 16.3 Å². The summed E-state index contributed by atoms with van der Waals surface area (Å²) in [6.45, 7) is 6.08. The molecule has 50 heavy (non-hydrogen) atoms. The van der Waals surface area contributed by atoms with Gasteiger partial charge in [0.1, 0.15) is 11.6 Å². The Morgan fingerprint density at radius 2 is 1.78 bits per heavy atom. The number of amides is 1. The van der Waals surface area contributed by atoms with E-state index in [1.165, 1.54) is 21.6 Å². The first-order valence-corrected chi connectivity index (χ1v) is 17.3. The molecule has 0 saturated carbocycles. The van der Waals surface area contributed by atoms with Crippen LogP contribution in [-0.2, 0) is 17.5 Å². The topological polar surface area (TPSA) is 101 Å². The summed E-state index contributed by atoms with van der Waals surface area (Å²) >= 11 is 1.81. The fraction of sp³-hybridized carbons (Fsp3) is 0.438. The molecule has 5 heterocycles. The number of alkyl halides is 6. The monoisotopic (exact) mass is 741 g/mol. The standard InChI is InChI=1S/C32H30F7N7O2S2/c1-4-21(47)46-15(2)8-44(9-16(46)3)27-18-7-19(32(37,38)39)22(17-5-6-20(33)25-23(17)41-28(40)50-25)26-24(18)45(29(48)42-27)12-30(14-49-26)10-43(11-30)13-31(34,35)36/h4-7,15-16H,1,8-14H2,2-3H3,(H2,40,41)/t15-,16+. The molecule has 2 saturated heterocycles. The quantitative estimate of drug-likeness (QED) is 0.201. The molecule has 0 bridgehead atoms. The number of nitrogens with two attached hydrogens (primary N) is 1. The molecular formula is C32H30F7N7O2S2. The van der Waals surface area contributed by atoms with Gasteiger partial charge in [0.15, 0.2) is 5.13 Å². The van der Waals surface area contributed by atoms with Crippen LogP contribution in [0.25, 0.3) is 32.2 Å². The van der Waals surface area contributed by atoms with E-state index in [0.717, 1.165) is 35.2 Å². The first-order valence-electron chi connectivity index (χ1n) is 15.5. The summed E-state index contributed by atoms with van der Waals surface area (Å²) in [5, 5.41) is -0.0381. The van der Waals surface area contributed by atoms with Gasteiger partial charge in [-0.05, 0) is 38.1 Å². The van der Waals surface area contributed by atoms with Gasteiger partial charge >= 0.3 is 18.0 Å². The molecule has 4 aromatic rings. The van der Waals surface area contributed by atoms with E-state index in [1.54, 1.807) is 23.6 Å². The third-order valence-corrected chi connectivity index (χ3v) is 11.8. The molecule has 1 amide bonds. The molecule has 3 aliphatic rings. The van der Waals surface area contributed by atoms with Gasteiger partial charge in [-0.2, -0.15) is 31.3 Å². The first-order chi connectivity index (χ1) is 23.4. The molecule has 1 spiro atoms. The maximum atomic E-state index is 15.3. The molecule has 2 N–H and O–H groups in total. The van der Waals surface area contributed by atoms with Crippen molar-refractivity contribution < 1.29 is 35.5 Å². The number of piperazine rings is 1. The van der Waals surface area contributed by atoms with E-state index in [9.17, 15) is 27.2 Å². The lowest BCUT2D eigenvalue weighted by atomic mass is 9.81. The Bertz CT molecular complexity index is 2110. The smallest absolute Gasteiger partial charge is 0.375 e. The lowest BCUT2D eigenvalue weighted by Gasteiger charge is -2.50. The third-order valence-electron chi connectivity index (χ3n) is 9.47. The Morgan fingerprint density at radius 1 is 1.10 bits per heavy atom. The van der Waals surface area contributed by atoms with Crippen molar-refractivity contribution in [3.05, 3.63) is 52.7 Å². The fourth-order valence-corrected chi connectivity index (χ4v) is 9.92. The summed E-state index contributed by atoms with van der Waals surface area (Å²) in [6.07, 6.45) is -8.23. The Morgan fingerprint density at radius 3 is 2.40 bits per heavy atom. The maximum absolute atomic E-state index is 15.3. The van der Waals surface area contributed by atoms with E-state index in [1.807, 2.05) is 0 Å². The van der Waals surface area contributed by atoms with Crippen LogP contribution in [0.1, 0.15) is 19.4 Å². The van der Waals surface area contributed by atoms with Gasteiger partial charge in [0.2, 0.25) is 5.91 Å². The molecule has 2 fully saturated rings. The van der Waals surface area contributed by atoms with Crippen LogP contribution in [0.5, 0.6) is 0 Å². The summed E-state index contributed by atoms with van der Waals surface area (Å²) in [6, 6.07) is 2.32. The second-order valence-corrected chi connectivity index (χ2v) is 15.3. The van der Waals surface area contributed by atoms with Crippen LogP contribution in [-0.4, -0.2) is 87.0 Å². The van der Waals surface area contributed by atoms with Gasteiger partial charge in [0, 0.05) is 77.4 Å². The highest BCUT2D eigenvalue weighted by atomic mass is 32.2. The largest absolute Gasteiger partial charge is 0.417 e. The number of benzene rings is 2. The van der Waals surface area contributed by atoms with Crippen molar-refractivity contribution in [2.24, 2.45) is 5.41 Å². The molecule has 3 aliphatic heterocycles. The van der Waals surface area contributed by atoms with E-state index < -0.39 is 53.5 Å². The molecule has 0 unspecified atom stereocenters. The van der Waals surface area contributed by atoms with Gasteiger partial charge < -0.3 is 15.5 Å². The number of anilines is 2. The zero-order chi connectivity index (χ0) is 36.1. The average molecular weight is 742 g/mol. The number of thiazole rings is 1. The summed E-state index contributed by atoms with van der Waals surface area (Å²) in [4.78, 5) is 39.7. The van der Waals surface area contributed by atoms with Gasteiger partial charge in [-0.1, -0.05) is 17.9 Å². The minimum absolute atomic E-state index is 0.00466. The molecule has 2 aromatic carbocycles. The third kappa shape index (κ3) is 5.78. The molecule has 266 valence electrons. The van der Waals surface area contributed by atoms with Crippen molar-refractivity contribution in [3.63, 3.8) is 0 Å². The molecule has 0 radical (unpaired) electrons. The normalized spacial score (nSPS) is 21.1. The number of likely N-dealkylation sites (tertiary alicyclic amines) is 1. The number of nitrogen functional groups attached to an aromatic ring is 1.